The molecule has 1 fully saturated rings. The minimum Gasteiger partial charge on any atom is -0.374 e. The van der Waals surface area contributed by atoms with E-state index in [-0.39, 0.29) is 6.10 Å². The Hall–Kier alpha value is -1.57. The Kier molecular flexibility index (Phi) is 4.19. The van der Waals surface area contributed by atoms with E-state index in [2.05, 4.69) is 22.9 Å². The quantitative estimate of drug-likeness (QED) is 0.805. The van der Waals surface area contributed by atoms with Crippen LogP contribution in [0.4, 0.5) is 5.69 Å². The van der Waals surface area contributed by atoms with Gasteiger partial charge < -0.3 is 14.5 Å². The molecule has 1 saturated heterocycles. The highest BCUT2D eigenvalue weighted by atomic mass is 16.5. The number of nitriles is 1. The van der Waals surface area contributed by atoms with Crippen LogP contribution in [0.15, 0.2) is 24.3 Å². The number of hydrogen-bond donors (Lipinski definition) is 0. The van der Waals surface area contributed by atoms with Crippen LogP contribution < -0.4 is 4.90 Å². The van der Waals surface area contributed by atoms with Crippen LogP contribution in [0.3, 0.4) is 0 Å². The summed E-state index contributed by atoms with van der Waals surface area (Å²) in [6.07, 6.45) is 0.236. The highest BCUT2D eigenvalue weighted by Crippen LogP contribution is 2.16. The van der Waals surface area contributed by atoms with E-state index in [1.54, 1.807) is 0 Å². The zero-order valence-corrected chi connectivity index (χ0v) is 11.0. The number of benzene rings is 1. The van der Waals surface area contributed by atoms with Crippen LogP contribution in [-0.4, -0.2) is 51.3 Å². The van der Waals surface area contributed by atoms with Gasteiger partial charge in [-0.15, -0.1) is 0 Å². The number of rotatable bonds is 3. The van der Waals surface area contributed by atoms with E-state index >= 15 is 0 Å². The predicted octanol–water partition coefficient (Wildman–Crippen LogP) is 1.33. The molecule has 0 N–H and O–H groups in total. The standard InChI is InChI=1S/C14H19N3O/c1-16-6-7-18-14(10-16)11-17(2)13-5-3-4-12(8-13)9-15/h3-5,8,14H,6-7,10-11H2,1-2H3. The number of anilines is 1. The van der Waals surface area contributed by atoms with Crippen molar-refractivity contribution in [2.45, 2.75) is 6.10 Å². The molecule has 0 amide bonds. The van der Waals surface area contributed by atoms with Crippen molar-refractivity contribution >= 4 is 5.69 Å². The monoisotopic (exact) mass is 245 g/mol. The van der Waals surface area contributed by atoms with Crippen molar-refractivity contribution < 1.29 is 4.74 Å². The minimum atomic E-state index is 0.236. The Labute approximate surface area is 108 Å². The first kappa shape index (κ1) is 12.9. The normalized spacial score (nSPS) is 20.4. The highest BCUT2D eigenvalue weighted by Gasteiger charge is 2.19. The molecule has 1 unspecified atom stereocenters. The van der Waals surface area contributed by atoms with E-state index in [1.165, 1.54) is 0 Å². The largest absolute Gasteiger partial charge is 0.374 e. The molecular formula is C14H19N3O. The minimum absolute atomic E-state index is 0.236. The second-order valence-corrected chi connectivity index (χ2v) is 4.80. The lowest BCUT2D eigenvalue weighted by Gasteiger charge is -2.33. The summed E-state index contributed by atoms with van der Waals surface area (Å²) in [4.78, 5) is 4.43. The molecule has 4 heteroatoms. The zero-order chi connectivity index (χ0) is 13.0. The lowest BCUT2D eigenvalue weighted by Crippen LogP contribution is -2.45. The van der Waals surface area contributed by atoms with E-state index < -0.39 is 0 Å². The first-order valence-electron chi connectivity index (χ1n) is 6.20. The maximum atomic E-state index is 8.90. The molecule has 0 saturated carbocycles. The summed E-state index contributed by atoms with van der Waals surface area (Å²) in [5.41, 5.74) is 1.76. The van der Waals surface area contributed by atoms with Crippen molar-refractivity contribution in [1.82, 2.24) is 4.90 Å². The van der Waals surface area contributed by atoms with Gasteiger partial charge in [0.05, 0.1) is 24.3 Å². The van der Waals surface area contributed by atoms with Crippen LogP contribution in [0, 0.1) is 11.3 Å². The van der Waals surface area contributed by atoms with Crippen LogP contribution in [0.1, 0.15) is 5.56 Å². The molecule has 2 rings (SSSR count). The van der Waals surface area contributed by atoms with Crippen LogP contribution >= 0.6 is 0 Å². The van der Waals surface area contributed by atoms with E-state index in [9.17, 15) is 0 Å². The van der Waals surface area contributed by atoms with Crippen molar-refractivity contribution in [1.29, 1.82) is 5.26 Å². The average Bonchev–Trinajstić information content (AvgIpc) is 2.39. The fourth-order valence-electron chi connectivity index (χ4n) is 2.20. The summed E-state index contributed by atoms with van der Waals surface area (Å²) >= 11 is 0. The molecule has 4 nitrogen and oxygen atoms in total. The second kappa shape index (κ2) is 5.85. The summed E-state index contributed by atoms with van der Waals surface area (Å²) in [5, 5.41) is 8.90. The summed E-state index contributed by atoms with van der Waals surface area (Å²) in [7, 11) is 4.15. The van der Waals surface area contributed by atoms with Crippen molar-refractivity contribution in [2.75, 3.05) is 45.2 Å². The third kappa shape index (κ3) is 3.22. The summed E-state index contributed by atoms with van der Waals surface area (Å²) in [6, 6.07) is 9.83. The molecule has 1 heterocycles. The number of ether oxygens (including phenoxy) is 1. The third-order valence-electron chi connectivity index (χ3n) is 3.24. The molecule has 0 spiro atoms. The zero-order valence-electron chi connectivity index (χ0n) is 11.0. The Balaban J connectivity index is 1.98. The number of hydrogen-bond acceptors (Lipinski definition) is 4. The van der Waals surface area contributed by atoms with Gasteiger partial charge in [0.1, 0.15) is 0 Å². The van der Waals surface area contributed by atoms with Gasteiger partial charge in [-0.3, -0.25) is 0 Å². The van der Waals surface area contributed by atoms with Gasteiger partial charge >= 0.3 is 0 Å². The van der Waals surface area contributed by atoms with Crippen molar-refractivity contribution in [3.8, 4) is 6.07 Å². The maximum Gasteiger partial charge on any atom is 0.0992 e. The number of likely N-dealkylation sites (N-methyl/N-ethyl adjacent to an activating group) is 2. The molecule has 0 bridgehead atoms. The van der Waals surface area contributed by atoms with Crippen molar-refractivity contribution in [3.05, 3.63) is 29.8 Å². The van der Waals surface area contributed by atoms with Gasteiger partial charge in [-0.25, -0.2) is 0 Å². The van der Waals surface area contributed by atoms with Gasteiger partial charge in [-0.2, -0.15) is 5.26 Å². The SMILES string of the molecule is CN1CCOC(CN(C)c2cccc(C#N)c2)C1. The van der Waals surface area contributed by atoms with Crippen LogP contribution in [-0.2, 0) is 4.74 Å². The van der Waals surface area contributed by atoms with Crippen molar-refractivity contribution in [3.63, 3.8) is 0 Å². The Bertz CT molecular complexity index is 441. The maximum absolute atomic E-state index is 8.90. The van der Waals surface area contributed by atoms with Crippen molar-refractivity contribution in [2.24, 2.45) is 0 Å². The van der Waals surface area contributed by atoms with E-state index in [1.807, 2.05) is 31.3 Å². The molecule has 96 valence electrons. The fraction of sp³-hybridized carbons (Fsp3) is 0.500. The van der Waals surface area contributed by atoms with Gasteiger partial charge in [0.2, 0.25) is 0 Å². The van der Waals surface area contributed by atoms with Gasteiger partial charge in [0.25, 0.3) is 0 Å². The average molecular weight is 245 g/mol. The van der Waals surface area contributed by atoms with E-state index in [0.29, 0.717) is 5.56 Å². The number of nitrogens with zero attached hydrogens (tertiary/aromatic N) is 3. The highest BCUT2D eigenvalue weighted by molar-refractivity contribution is 5.50. The fourth-order valence-corrected chi connectivity index (χ4v) is 2.20. The molecular weight excluding hydrogens is 226 g/mol. The Morgan fingerprint density at radius 1 is 1.56 bits per heavy atom. The smallest absolute Gasteiger partial charge is 0.0992 e. The predicted molar refractivity (Wildman–Crippen MR) is 71.7 cm³/mol. The lowest BCUT2D eigenvalue weighted by atomic mass is 10.2. The van der Waals surface area contributed by atoms with Gasteiger partial charge in [-0.1, -0.05) is 6.07 Å². The molecule has 0 aromatic heterocycles. The lowest BCUT2D eigenvalue weighted by molar-refractivity contribution is -0.0143. The summed E-state index contributed by atoms with van der Waals surface area (Å²) in [5.74, 6) is 0. The van der Waals surface area contributed by atoms with Crippen LogP contribution in [0.2, 0.25) is 0 Å². The summed E-state index contributed by atoms with van der Waals surface area (Å²) < 4.78 is 5.75. The Morgan fingerprint density at radius 2 is 2.39 bits per heavy atom. The molecule has 1 aliphatic heterocycles. The topological polar surface area (TPSA) is 39.5 Å². The molecule has 1 aliphatic rings. The van der Waals surface area contributed by atoms with E-state index in [4.69, 9.17) is 10.00 Å². The van der Waals surface area contributed by atoms with Gasteiger partial charge in [0, 0.05) is 32.4 Å². The molecule has 18 heavy (non-hydrogen) atoms. The van der Waals surface area contributed by atoms with E-state index in [0.717, 1.165) is 31.9 Å². The van der Waals surface area contributed by atoms with Gasteiger partial charge in [0.15, 0.2) is 0 Å². The Morgan fingerprint density at radius 3 is 3.11 bits per heavy atom. The molecule has 1 aromatic rings. The third-order valence-corrected chi connectivity index (χ3v) is 3.24. The van der Waals surface area contributed by atoms with Crippen LogP contribution in [0.5, 0.6) is 0 Å². The van der Waals surface area contributed by atoms with Gasteiger partial charge in [-0.05, 0) is 25.2 Å². The molecule has 0 radical (unpaired) electrons. The van der Waals surface area contributed by atoms with Crippen LogP contribution in [0.25, 0.3) is 0 Å². The first-order chi connectivity index (χ1) is 8.69. The summed E-state index contributed by atoms with van der Waals surface area (Å²) in [6.45, 7) is 3.61. The first-order valence-corrected chi connectivity index (χ1v) is 6.20. The molecule has 0 aliphatic carbocycles. The second-order valence-electron chi connectivity index (χ2n) is 4.80. The molecule has 1 aromatic carbocycles. The number of morpholine rings is 1. The molecule has 1 atom stereocenters.